The van der Waals surface area contributed by atoms with Gasteiger partial charge in [-0.2, -0.15) is 0 Å². The Morgan fingerprint density at radius 3 is 1.75 bits per heavy atom. The van der Waals surface area contributed by atoms with E-state index >= 15 is 0 Å². The number of hydrogen-bond donors (Lipinski definition) is 0. The fraction of sp³-hybridized carbons (Fsp3) is 0.188. The van der Waals surface area contributed by atoms with Gasteiger partial charge in [0.15, 0.2) is 0 Å². The molecule has 0 radical (unpaired) electrons. The first-order valence-electron chi connectivity index (χ1n) is 18.1. The Bertz CT molecular complexity index is 2310. The minimum absolute atomic E-state index is 0.0550. The van der Waals surface area contributed by atoms with Crippen LogP contribution in [-0.2, 0) is 0 Å². The van der Waals surface area contributed by atoms with Crippen molar-refractivity contribution < 1.29 is 0 Å². The molecule has 0 spiro atoms. The molecule has 2 aliphatic rings. The highest BCUT2D eigenvalue weighted by Crippen LogP contribution is 2.49. The standard InChI is InChI=1S/C48H43N3/c1-31(2)42-24-26-48(5)25-23-40-41(30-43(32(3)4)50-46(40)47(48)51-42)37-17-12-18-38(27-37)45-29-39(28-44(49-45)36-15-10-7-11-16-36)35-21-19-34(20-22-35)33-13-8-6-9-14-33/h6-32,47H,1-5H3. The van der Waals surface area contributed by atoms with Crippen LogP contribution in [0.2, 0.25) is 0 Å². The molecule has 0 N–H and O–H groups in total. The van der Waals surface area contributed by atoms with Crippen LogP contribution in [0.5, 0.6) is 0 Å². The molecule has 2 atom stereocenters. The molecule has 2 unspecified atom stereocenters. The van der Waals surface area contributed by atoms with Crippen LogP contribution in [-0.4, -0.2) is 15.7 Å². The van der Waals surface area contributed by atoms with Crippen molar-refractivity contribution in [1.82, 2.24) is 9.97 Å². The van der Waals surface area contributed by atoms with Crippen LogP contribution < -0.4 is 0 Å². The summed E-state index contributed by atoms with van der Waals surface area (Å²) < 4.78 is 0. The Kier molecular flexibility index (Phi) is 8.44. The molecule has 0 fully saturated rings. The van der Waals surface area contributed by atoms with Gasteiger partial charge in [0.25, 0.3) is 0 Å². The van der Waals surface area contributed by atoms with Gasteiger partial charge in [0, 0.05) is 33.5 Å². The third-order valence-corrected chi connectivity index (χ3v) is 10.3. The number of fused-ring (bicyclic) bond motifs is 3. The van der Waals surface area contributed by atoms with Crippen molar-refractivity contribution in [3.8, 4) is 55.9 Å². The van der Waals surface area contributed by atoms with Crippen molar-refractivity contribution in [3.05, 3.63) is 163 Å². The van der Waals surface area contributed by atoms with Crippen molar-refractivity contribution >= 4 is 11.8 Å². The van der Waals surface area contributed by atoms with Crippen LogP contribution in [0.15, 0.2) is 151 Å². The molecule has 0 saturated heterocycles. The van der Waals surface area contributed by atoms with Crippen molar-refractivity contribution in [3.63, 3.8) is 0 Å². The van der Waals surface area contributed by atoms with Gasteiger partial charge in [-0.15, -0.1) is 0 Å². The first-order chi connectivity index (χ1) is 24.8. The van der Waals surface area contributed by atoms with E-state index in [0.717, 1.165) is 61.9 Å². The molecule has 6 aromatic rings. The number of dihydropyridines is 1. The maximum atomic E-state index is 5.32. The number of aromatic nitrogens is 2. The summed E-state index contributed by atoms with van der Waals surface area (Å²) in [5, 5.41) is 0. The van der Waals surface area contributed by atoms with Crippen LogP contribution in [0.4, 0.5) is 0 Å². The van der Waals surface area contributed by atoms with E-state index < -0.39 is 0 Å². The van der Waals surface area contributed by atoms with Crippen molar-refractivity contribution in [1.29, 1.82) is 0 Å². The quantitative estimate of drug-likeness (QED) is 0.171. The molecule has 2 aromatic heterocycles. The molecule has 250 valence electrons. The van der Waals surface area contributed by atoms with Gasteiger partial charge in [-0.3, -0.25) is 9.98 Å². The third-order valence-electron chi connectivity index (χ3n) is 10.3. The van der Waals surface area contributed by atoms with E-state index in [1.807, 2.05) is 0 Å². The van der Waals surface area contributed by atoms with Crippen LogP contribution >= 0.6 is 0 Å². The number of rotatable bonds is 7. The molecule has 3 heteroatoms. The highest BCUT2D eigenvalue weighted by Gasteiger charge is 2.39. The Balaban J connectivity index is 1.25. The predicted molar refractivity (Wildman–Crippen MR) is 215 cm³/mol. The normalized spacial score (nSPS) is 17.7. The van der Waals surface area contributed by atoms with E-state index in [4.69, 9.17) is 15.0 Å². The summed E-state index contributed by atoms with van der Waals surface area (Å²) in [6.45, 7) is 11.2. The average Bonchev–Trinajstić information content (AvgIpc) is 3.17. The van der Waals surface area contributed by atoms with Crippen LogP contribution in [0, 0.1) is 11.3 Å². The topological polar surface area (TPSA) is 38.1 Å². The maximum absolute atomic E-state index is 5.32. The summed E-state index contributed by atoms with van der Waals surface area (Å²) in [4.78, 5) is 15.9. The van der Waals surface area contributed by atoms with E-state index in [-0.39, 0.29) is 17.4 Å². The smallest absolute Gasteiger partial charge is 0.105 e. The zero-order valence-corrected chi connectivity index (χ0v) is 30.0. The SMILES string of the molecule is CC(C)C1=NC2c3nc(C(C)C)cc(-c4cccc(-c5cc(-c6ccc(-c7ccccc7)cc6)cc(-c6ccccc6)n5)c4)c3C=CC2(C)C=C1. The Labute approximate surface area is 302 Å². The lowest BCUT2D eigenvalue weighted by molar-refractivity contribution is 0.417. The lowest BCUT2D eigenvalue weighted by atomic mass is 9.72. The average molecular weight is 662 g/mol. The summed E-state index contributed by atoms with van der Waals surface area (Å²) in [6, 6.07) is 45.4. The Morgan fingerprint density at radius 2 is 1.08 bits per heavy atom. The molecule has 0 amide bonds. The molecule has 0 saturated carbocycles. The summed E-state index contributed by atoms with van der Waals surface area (Å²) in [7, 11) is 0. The number of hydrogen-bond acceptors (Lipinski definition) is 3. The zero-order valence-electron chi connectivity index (χ0n) is 30.0. The van der Waals surface area contributed by atoms with Gasteiger partial charge >= 0.3 is 0 Å². The van der Waals surface area contributed by atoms with Crippen molar-refractivity contribution in [2.45, 2.75) is 46.6 Å². The van der Waals surface area contributed by atoms with Gasteiger partial charge in [0.1, 0.15) is 6.04 Å². The number of pyridine rings is 2. The fourth-order valence-corrected chi connectivity index (χ4v) is 7.24. The Morgan fingerprint density at radius 1 is 0.510 bits per heavy atom. The Hall–Kier alpha value is -5.67. The van der Waals surface area contributed by atoms with Crippen LogP contribution in [0.1, 0.15) is 63.5 Å². The lowest BCUT2D eigenvalue weighted by Gasteiger charge is -2.37. The lowest BCUT2D eigenvalue weighted by Crippen LogP contribution is -2.29. The summed E-state index contributed by atoms with van der Waals surface area (Å²) in [5.41, 5.74) is 15.4. The van der Waals surface area contributed by atoms with Gasteiger partial charge in [0.05, 0.1) is 17.1 Å². The second kappa shape index (κ2) is 13.2. The fourth-order valence-electron chi connectivity index (χ4n) is 7.24. The second-order valence-corrected chi connectivity index (χ2v) is 14.7. The molecular weight excluding hydrogens is 619 g/mol. The monoisotopic (exact) mass is 661 g/mol. The molecule has 51 heavy (non-hydrogen) atoms. The highest BCUT2D eigenvalue weighted by atomic mass is 14.9. The van der Waals surface area contributed by atoms with Gasteiger partial charge in [-0.25, -0.2) is 4.98 Å². The summed E-state index contributed by atoms with van der Waals surface area (Å²) >= 11 is 0. The van der Waals surface area contributed by atoms with Gasteiger partial charge in [-0.1, -0.05) is 156 Å². The first-order valence-corrected chi connectivity index (χ1v) is 18.1. The maximum Gasteiger partial charge on any atom is 0.105 e. The molecule has 4 aromatic carbocycles. The molecule has 0 bridgehead atoms. The molecular formula is C48H43N3. The van der Waals surface area contributed by atoms with E-state index in [0.29, 0.717) is 5.92 Å². The van der Waals surface area contributed by atoms with E-state index in [2.05, 4.69) is 186 Å². The number of allylic oxidation sites excluding steroid dienone is 1. The third kappa shape index (κ3) is 6.30. The minimum Gasteiger partial charge on any atom is -0.279 e. The second-order valence-electron chi connectivity index (χ2n) is 14.7. The molecule has 3 nitrogen and oxygen atoms in total. The van der Waals surface area contributed by atoms with Gasteiger partial charge < -0.3 is 0 Å². The van der Waals surface area contributed by atoms with Crippen molar-refractivity contribution in [2.75, 3.05) is 0 Å². The summed E-state index contributed by atoms with van der Waals surface area (Å²) in [6.07, 6.45) is 9.12. The predicted octanol–water partition coefficient (Wildman–Crippen LogP) is 12.7. The highest BCUT2D eigenvalue weighted by molar-refractivity contribution is 5.98. The number of nitrogens with zero attached hydrogens (tertiary/aromatic N) is 3. The zero-order chi connectivity index (χ0) is 35.1. The molecule has 3 heterocycles. The van der Waals surface area contributed by atoms with Crippen LogP contribution in [0.3, 0.4) is 0 Å². The van der Waals surface area contributed by atoms with E-state index in [1.165, 1.54) is 16.7 Å². The molecule has 8 rings (SSSR count). The van der Waals surface area contributed by atoms with Crippen molar-refractivity contribution in [2.24, 2.45) is 16.3 Å². The number of aliphatic imine (C=N–C) groups is 1. The van der Waals surface area contributed by atoms with E-state index in [9.17, 15) is 0 Å². The number of benzene rings is 4. The molecule has 1 aliphatic heterocycles. The minimum atomic E-state index is -0.204. The van der Waals surface area contributed by atoms with Gasteiger partial charge in [-0.05, 0) is 75.6 Å². The first kappa shape index (κ1) is 32.5. The molecule has 1 aliphatic carbocycles. The summed E-state index contributed by atoms with van der Waals surface area (Å²) in [5.74, 6) is 0.637. The van der Waals surface area contributed by atoms with Gasteiger partial charge in [0.2, 0.25) is 0 Å². The van der Waals surface area contributed by atoms with Crippen LogP contribution in [0.25, 0.3) is 62.0 Å². The van der Waals surface area contributed by atoms with E-state index in [1.54, 1.807) is 0 Å². The largest absolute Gasteiger partial charge is 0.279 e.